The number of halogens is 5. The Morgan fingerprint density at radius 2 is 1.88 bits per heavy atom. The van der Waals surface area contributed by atoms with Crippen molar-refractivity contribution in [2.45, 2.75) is 11.8 Å². The van der Waals surface area contributed by atoms with Gasteiger partial charge in [-0.1, -0.05) is 17.7 Å². The van der Waals surface area contributed by atoms with Crippen LogP contribution < -0.4 is 10.1 Å². The van der Waals surface area contributed by atoms with E-state index in [1.54, 1.807) is 0 Å². The lowest BCUT2D eigenvalue weighted by molar-refractivity contribution is -0.137. The minimum absolute atomic E-state index is 0.0600. The molecule has 0 fully saturated rings. The monoisotopic (exact) mass is 363 g/mol. The summed E-state index contributed by atoms with van der Waals surface area (Å²) in [5.74, 6) is -1.04. The second kappa shape index (κ2) is 5.37. The topological polar surface area (TPSA) is 38.3 Å². The number of methoxy groups -OCH3 is 1. The summed E-state index contributed by atoms with van der Waals surface area (Å²) in [4.78, 5) is 12.2. The maximum Gasteiger partial charge on any atom is 0.416 e. The van der Waals surface area contributed by atoms with E-state index in [1.807, 2.05) is 0 Å². The molecule has 0 spiro atoms. The van der Waals surface area contributed by atoms with Gasteiger partial charge < -0.3 is 10.1 Å². The van der Waals surface area contributed by atoms with Crippen molar-refractivity contribution in [2.24, 2.45) is 0 Å². The smallest absolute Gasteiger partial charge is 0.416 e. The molecule has 1 aliphatic heterocycles. The van der Waals surface area contributed by atoms with Crippen LogP contribution in [0.2, 0.25) is 5.02 Å². The summed E-state index contributed by atoms with van der Waals surface area (Å²) in [6, 6.07) is 6.42. The molecule has 1 N–H and O–H groups in total. The Morgan fingerprint density at radius 3 is 2.50 bits per heavy atom. The maximum absolute atomic E-state index is 15.7. The van der Waals surface area contributed by atoms with E-state index >= 15 is 4.39 Å². The Bertz CT molecular complexity index is 837. The molecule has 1 aliphatic rings. The van der Waals surface area contributed by atoms with Gasteiger partial charge in [0.2, 0.25) is 5.67 Å². The van der Waals surface area contributed by atoms with Crippen LogP contribution in [-0.2, 0) is 16.6 Å². The molecule has 2 aromatic rings. The van der Waals surface area contributed by atoms with Crippen molar-refractivity contribution >= 4 is 23.2 Å². The lowest BCUT2D eigenvalue weighted by Gasteiger charge is -2.21. The summed E-state index contributed by atoms with van der Waals surface area (Å²) >= 11 is 5.87. The van der Waals surface area contributed by atoms with Crippen molar-refractivity contribution in [2.75, 3.05) is 12.4 Å². The van der Waals surface area contributed by atoms with Gasteiger partial charge in [0, 0.05) is 21.8 Å². The summed E-state index contributed by atoms with van der Waals surface area (Å²) < 4.78 is 59.1. The fraction of sp³-hybridized carbons (Fsp3) is 0.188. The molecule has 0 saturated heterocycles. The van der Waals surface area contributed by atoms with Gasteiger partial charge in [0.15, 0.2) is 0 Å². The van der Waals surface area contributed by atoms with Crippen molar-refractivity contribution in [3.63, 3.8) is 0 Å². The van der Waals surface area contributed by atoms with Crippen molar-refractivity contribution < 1.29 is 27.1 Å². The number of carbonyl (C=O) groups is 1. The number of benzene rings is 2. The first-order chi connectivity index (χ1) is 11.2. The van der Waals surface area contributed by atoms with Gasteiger partial charge in [-0.3, -0.25) is 4.79 Å². The maximum atomic E-state index is 15.7. The van der Waals surface area contributed by atoms with Crippen molar-refractivity contribution in [3.8, 4) is 5.75 Å². The molecule has 1 heterocycles. The molecular formula is C16H10ClF4NO2. The zero-order valence-corrected chi connectivity index (χ0v) is 12.9. The van der Waals surface area contributed by atoms with Gasteiger partial charge in [-0.15, -0.1) is 0 Å². The number of ether oxygens (including phenoxy) is 1. The highest BCUT2D eigenvalue weighted by Gasteiger charge is 2.51. The van der Waals surface area contributed by atoms with Crippen molar-refractivity contribution in [3.05, 3.63) is 58.1 Å². The van der Waals surface area contributed by atoms with Gasteiger partial charge in [0.25, 0.3) is 5.91 Å². The van der Waals surface area contributed by atoms with E-state index in [-0.39, 0.29) is 27.6 Å². The van der Waals surface area contributed by atoms with E-state index in [2.05, 4.69) is 5.32 Å². The highest BCUT2D eigenvalue weighted by atomic mass is 35.5. The number of hydrogen-bond acceptors (Lipinski definition) is 2. The highest BCUT2D eigenvalue weighted by molar-refractivity contribution is 6.30. The zero-order chi connectivity index (χ0) is 17.7. The number of amides is 1. The third-order valence-corrected chi connectivity index (χ3v) is 4.05. The quantitative estimate of drug-likeness (QED) is 0.796. The van der Waals surface area contributed by atoms with Crippen LogP contribution in [0, 0.1) is 0 Å². The number of carbonyl (C=O) groups excluding carboxylic acids is 1. The third-order valence-electron chi connectivity index (χ3n) is 3.81. The van der Waals surface area contributed by atoms with Gasteiger partial charge in [-0.25, -0.2) is 4.39 Å². The van der Waals surface area contributed by atoms with Crippen molar-refractivity contribution in [1.82, 2.24) is 0 Å². The fourth-order valence-electron chi connectivity index (χ4n) is 2.67. The number of alkyl halides is 4. The highest BCUT2D eigenvalue weighted by Crippen LogP contribution is 2.48. The molecule has 0 unspecified atom stereocenters. The number of anilines is 1. The Morgan fingerprint density at radius 1 is 1.17 bits per heavy atom. The van der Waals surface area contributed by atoms with Gasteiger partial charge in [0.05, 0.1) is 12.7 Å². The Kier molecular flexibility index (Phi) is 3.71. The fourth-order valence-corrected chi connectivity index (χ4v) is 2.84. The first kappa shape index (κ1) is 16.6. The predicted octanol–water partition coefficient (Wildman–Crippen LogP) is 4.53. The summed E-state index contributed by atoms with van der Waals surface area (Å²) in [6.45, 7) is 0. The third kappa shape index (κ3) is 2.39. The van der Waals surface area contributed by atoms with Crippen LogP contribution in [0.25, 0.3) is 0 Å². The van der Waals surface area contributed by atoms with Crippen LogP contribution >= 0.6 is 11.6 Å². The van der Waals surface area contributed by atoms with Crippen LogP contribution in [0.1, 0.15) is 16.7 Å². The van der Waals surface area contributed by atoms with Gasteiger partial charge in [-0.05, 0) is 30.3 Å². The lowest BCUT2D eigenvalue weighted by Crippen LogP contribution is -2.31. The van der Waals surface area contributed by atoms with Gasteiger partial charge >= 0.3 is 6.18 Å². The minimum Gasteiger partial charge on any atom is -0.496 e. The SMILES string of the molecule is COc1ccc(Cl)cc1[14C@]1(F)c2ccc(C(F)(F)F)cc2N[14C]1=O. The van der Waals surface area contributed by atoms with Crippen LogP contribution in [0.15, 0.2) is 36.4 Å². The van der Waals surface area contributed by atoms with Gasteiger partial charge in [-0.2, -0.15) is 13.2 Å². The first-order valence-electron chi connectivity index (χ1n) is 6.74. The second-order valence-corrected chi connectivity index (χ2v) is 5.65. The van der Waals surface area contributed by atoms with E-state index in [0.717, 1.165) is 12.1 Å². The Labute approximate surface area is 139 Å². The molecule has 3 rings (SSSR count). The van der Waals surface area contributed by atoms with Crippen molar-refractivity contribution in [1.29, 1.82) is 0 Å². The summed E-state index contributed by atoms with van der Waals surface area (Å²) in [5, 5.41) is 2.32. The molecule has 0 saturated carbocycles. The average molecular weight is 364 g/mol. The Hall–Kier alpha value is -2.28. The minimum atomic E-state index is -4.60. The molecule has 24 heavy (non-hydrogen) atoms. The molecular weight excluding hydrogens is 354 g/mol. The summed E-state index contributed by atoms with van der Waals surface area (Å²) in [5.41, 5.74) is -4.31. The number of rotatable bonds is 2. The lowest BCUT2D eigenvalue weighted by atomic mass is 10.1. The zero-order valence-electron chi connectivity index (χ0n) is 12.2. The molecule has 1 amide bonds. The van der Waals surface area contributed by atoms with E-state index < -0.39 is 23.3 Å². The second-order valence-electron chi connectivity index (χ2n) is 5.22. The van der Waals surface area contributed by atoms with Crippen LogP contribution in [-0.4, -0.2) is 13.0 Å². The largest absolute Gasteiger partial charge is 0.496 e. The molecule has 8 heteroatoms. The molecule has 126 valence electrons. The number of nitrogens with one attached hydrogen (secondary N) is 1. The molecule has 0 bridgehead atoms. The normalized spacial score (nSPS) is 19.8. The molecule has 0 radical (unpaired) electrons. The molecule has 0 aliphatic carbocycles. The number of fused-ring (bicyclic) bond motifs is 1. The number of hydrogen-bond donors (Lipinski definition) is 1. The summed E-state index contributed by atoms with van der Waals surface area (Å²) in [6.07, 6.45) is -4.60. The molecule has 2 aromatic carbocycles. The molecule has 0 aromatic heterocycles. The van der Waals surface area contributed by atoms with Crippen LogP contribution in [0.3, 0.4) is 0 Å². The van der Waals surface area contributed by atoms with E-state index in [1.165, 1.54) is 25.3 Å². The molecule has 3 nitrogen and oxygen atoms in total. The van der Waals surface area contributed by atoms with Crippen LogP contribution in [0.5, 0.6) is 5.75 Å². The standard InChI is InChI=1S/C16H10ClF4NO2/c1-24-13-5-3-9(17)7-11(13)15(18)10-4-2-8(16(19,20)21)6-12(10)22-14(15)23/h2-7H,1H3,(H,22,23)/t15-/m1/s1/i14+2,15+2. The van der Waals surface area contributed by atoms with Crippen LogP contribution in [0.4, 0.5) is 23.2 Å². The van der Waals surface area contributed by atoms with E-state index in [0.29, 0.717) is 6.07 Å². The average Bonchev–Trinajstić information content (AvgIpc) is 2.78. The molecule has 1 atom stereocenters. The van der Waals surface area contributed by atoms with E-state index in [4.69, 9.17) is 16.3 Å². The summed E-state index contributed by atoms with van der Waals surface area (Å²) in [7, 11) is 1.29. The van der Waals surface area contributed by atoms with Gasteiger partial charge in [0.1, 0.15) is 5.75 Å². The Balaban J connectivity index is 2.21. The van der Waals surface area contributed by atoms with E-state index in [9.17, 15) is 18.0 Å². The predicted molar refractivity (Wildman–Crippen MR) is 80.0 cm³/mol. The first-order valence-corrected chi connectivity index (χ1v) is 7.12.